The van der Waals surface area contributed by atoms with Gasteiger partial charge in [-0.05, 0) is 30.2 Å². The van der Waals surface area contributed by atoms with Gasteiger partial charge in [0.05, 0.1) is 21.7 Å². The Kier molecular flexibility index (Phi) is 4.81. The molecule has 0 bridgehead atoms. The topological polar surface area (TPSA) is 98.1 Å². The van der Waals surface area contributed by atoms with E-state index in [1.807, 2.05) is 13.2 Å². The van der Waals surface area contributed by atoms with Crippen LogP contribution in [0.25, 0.3) is 0 Å². The zero-order valence-electron chi connectivity index (χ0n) is 13.1. The molecule has 23 heavy (non-hydrogen) atoms. The summed E-state index contributed by atoms with van der Waals surface area (Å²) in [6.07, 6.45) is 6.40. The van der Waals surface area contributed by atoms with E-state index in [-0.39, 0.29) is 9.79 Å². The molecule has 0 unspecified atom stereocenters. The number of sulfone groups is 2. The van der Waals surface area contributed by atoms with Gasteiger partial charge in [-0.25, -0.2) is 16.8 Å². The lowest BCUT2D eigenvalue weighted by atomic mass is 10.2. The summed E-state index contributed by atoms with van der Waals surface area (Å²) in [5.74, 6) is 0. The van der Waals surface area contributed by atoms with Crippen LogP contribution in [0.5, 0.6) is 0 Å². The van der Waals surface area contributed by atoms with Crippen molar-refractivity contribution in [2.24, 2.45) is 7.05 Å². The van der Waals surface area contributed by atoms with Crippen LogP contribution in [0.2, 0.25) is 0 Å². The molecule has 2 rings (SSSR count). The van der Waals surface area contributed by atoms with Gasteiger partial charge in [-0.15, -0.1) is 0 Å². The largest absolute Gasteiger partial charge is 0.384 e. The van der Waals surface area contributed by atoms with Crippen LogP contribution in [-0.4, -0.2) is 45.7 Å². The van der Waals surface area contributed by atoms with E-state index in [0.717, 1.165) is 18.1 Å². The van der Waals surface area contributed by atoms with Crippen LogP contribution >= 0.6 is 0 Å². The zero-order chi connectivity index (χ0) is 17.3. The predicted octanol–water partition coefficient (Wildman–Crippen LogP) is 0.882. The number of anilines is 1. The van der Waals surface area contributed by atoms with Crippen molar-refractivity contribution < 1.29 is 16.8 Å². The highest BCUT2D eigenvalue weighted by Crippen LogP contribution is 2.25. The maximum absolute atomic E-state index is 11.9. The first kappa shape index (κ1) is 17.5. The second kappa shape index (κ2) is 6.32. The Balaban J connectivity index is 2.24. The summed E-state index contributed by atoms with van der Waals surface area (Å²) in [7, 11) is -5.19. The van der Waals surface area contributed by atoms with Crippen molar-refractivity contribution in [3.05, 3.63) is 36.2 Å². The Morgan fingerprint density at radius 1 is 1.13 bits per heavy atom. The van der Waals surface area contributed by atoms with Gasteiger partial charge >= 0.3 is 0 Å². The van der Waals surface area contributed by atoms with Gasteiger partial charge in [-0.2, -0.15) is 5.10 Å². The summed E-state index contributed by atoms with van der Waals surface area (Å²) in [5, 5.41) is 7.11. The van der Waals surface area contributed by atoms with Crippen LogP contribution in [0.3, 0.4) is 0 Å². The van der Waals surface area contributed by atoms with E-state index in [9.17, 15) is 16.8 Å². The minimum atomic E-state index is -3.55. The van der Waals surface area contributed by atoms with Crippen molar-refractivity contribution in [1.29, 1.82) is 0 Å². The third-order valence-corrected chi connectivity index (χ3v) is 5.52. The van der Waals surface area contributed by atoms with Crippen molar-refractivity contribution in [2.75, 3.05) is 24.4 Å². The standard InChI is InChI=1S/C14H19N3O4S2/c1-17-10-11(9-16-17)6-7-15-13-5-4-12(22(2,18)19)8-14(13)23(3,20)21/h4-5,8-10,15H,6-7H2,1-3H3. The summed E-state index contributed by atoms with van der Waals surface area (Å²) in [4.78, 5) is -0.0395. The highest BCUT2D eigenvalue weighted by atomic mass is 32.2. The molecule has 0 saturated heterocycles. The molecule has 1 aromatic carbocycles. The Morgan fingerprint density at radius 2 is 1.83 bits per heavy atom. The molecule has 7 nitrogen and oxygen atoms in total. The molecule has 1 N–H and O–H groups in total. The highest BCUT2D eigenvalue weighted by molar-refractivity contribution is 7.91. The highest BCUT2D eigenvalue weighted by Gasteiger charge is 2.17. The van der Waals surface area contributed by atoms with Crippen LogP contribution in [0.4, 0.5) is 5.69 Å². The van der Waals surface area contributed by atoms with Crippen molar-refractivity contribution in [1.82, 2.24) is 9.78 Å². The molecule has 2 aromatic rings. The smallest absolute Gasteiger partial charge is 0.177 e. The second-order valence-electron chi connectivity index (χ2n) is 5.40. The number of aromatic nitrogens is 2. The fraction of sp³-hybridized carbons (Fsp3) is 0.357. The summed E-state index contributed by atoms with van der Waals surface area (Å²) < 4.78 is 48.7. The molecule has 0 aliphatic heterocycles. The van der Waals surface area contributed by atoms with Crippen LogP contribution in [0.1, 0.15) is 5.56 Å². The van der Waals surface area contributed by atoms with Gasteiger partial charge in [0.25, 0.3) is 0 Å². The summed E-state index contributed by atoms with van der Waals surface area (Å²) in [6, 6.07) is 4.07. The molecule has 126 valence electrons. The van der Waals surface area contributed by atoms with Gasteiger partial charge in [0.1, 0.15) is 0 Å². The lowest BCUT2D eigenvalue weighted by Crippen LogP contribution is -2.10. The predicted molar refractivity (Wildman–Crippen MR) is 88.1 cm³/mol. The van der Waals surface area contributed by atoms with Crippen molar-refractivity contribution in [3.8, 4) is 0 Å². The fourth-order valence-electron chi connectivity index (χ4n) is 2.13. The number of aryl methyl sites for hydroxylation is 1. The monoisotopic (exact) mass is 357 g/mol. The third-order valence-electron chi connectivity index (χ3n) is 3.27. The first-order valence-corrected chi connectivity index (χ1v) is 10.6. The number of hydrogen-bond donors (Lipinski definition) is 1. The van der Waals surface area contributed by atoms with Gasteiger partial charge < -0.3 is 5.32 Å². The normalized spacial score (nSPS) is 12.3. The molecule has 0 aliphatic rings. The molecule has 1 heterocycles. The number of nitrogens with one attached hydrogen (secondary N) is 1. The number of nitrogens with zero attached hydrogens (tertiary/aromatic N) is 2. The molecule has 0 amide bonds. The molecule has 0 fully saturated rings. The minimum absolute atomic E-state index is 0.0178. The molecule has 1 aromatic heterocycles. The summed E-state index contributed by atoms with van der Waals surface area (Å²) in [6.45, 7) is 0.506. The SMILES string of the molecule is Cn1cc(CCNc2ccc(S(C)(=O)=O)cc2S(C)(=O)=O)cn1. The van der Waals surface area contributed by atoms with Gasteiger partial charge in [-0.3, -0.25) is 4.68 Å². The maximum Gasteiger partial charge on any atom is 0.177 e. The van der Waals surface area contributed by atoms with E-state index in [1.54, 1.807) is 10.9 Å². The number of rotatable bonds is 6. The van der Waals surface area contributed by atoms with Crippen molar-refractivity contribution in [2.45, 2.75) is 16.2 Å². The van der Waals surface area contributed by atoms with Gasteiger partial charge in [0.2, 0.25) is 0 Å². The Labute approximate surface area is 136 Å². The molecule has 0 spiro atoms. The fourth-order valence-corrected chi connectivity index (χ4v) is 3.73. The molecular formula is C14H19N3O4S2. The van der Waals surface area contributed by atoms with Gasteiger partial charge in [0.15, 0.2) is 19.7 Å². The van der Waals surface area contributed by atoms with E-state index in [2.05, 4.69) is 10.4 Å². The number of hydrogen-bond acceptors (Lipinski definition) is 6. The first-order valence-electron chi connectivity index (χ1n) is 6.83. The first-order chi connectivity index (χ1) is 10.6. The lowest BCUT2D eigenvalue weighted by molar-refractivity contribution is 0.600. The van der Waals surface area contributed by atoms with Gasteiger partial charge in [0, 0.05) is 32.3 Å². The average molecular weight is 357 g/mol. The van der Waals surface area contributed by atoms with Crippen LogP contribution in [0, 0.1) is 0 Å². The van der Waals surface area contributed by atoms with E-state index in [0.29, 0.717) is 18.7 Å². The summed E-state index contributed by atoms with van der Waals surface area (Å²) >= 11 is 0. The van der Waals surface area contributed by atoms with Gasteiger partial charge in [-0.1, -0.05) is 0 Å². The second-order valence-corrected chi connectivity index (χ2v) is 9.40. The zero-order valence-corrected chi connectivity index (χ0v) is 14.8. The van der Waals surface area contributed by atoms with E-state index >= 15 is 0 Å². The van der Waals surface area contributed by atoms with E-state index < -0.39 is 19.7 Å². The Morgan fingerprint density at radius 3 is 2.35 bits per heavy atom. The van der Waals surface area contributed by atoms with Crippen LogP contribution in [-0.2, 0) is 33.1 Å². The lowest BCUT2D eigenvalue weighted by Gasteiger charge is -2.12. The maximum atomic E-state index is 11.9. The molecule has 0 radical (unpaired) electrons. The van der Waals surface area contributed by atoms with Crippen LogP contribution < -0.4 is 5.32 Å². The van der Waals surface area contributed by atoms with Crippen LogP contribution in [0.15, 0.2) is 40.4 Å². The molecule has 9 heteroatoms. The van der Waals surface area contributed by atoms with Crippen molar-refractivity contribution >= 4 is 25.4 Å². The quantitative estimate of drug-likeness (QED) is 0.824. The third kappa shape index (κ3) is 4.55. The summed E-state index contributed by atoms with van der Waals surface area (Å²) in [5.41, 5.74) is 1.41. The number of benzene rings is 1. The molecule has 0 aliphatic carbocycles. The Hall–Kier alpha value is -1.87. The molecule has 0 saturated carbocycles. The minimum Gasteiger partial charge on any atom is -0.384 e. The average Bonchev–Trinajstić information content (AvgIpc) is 2.82. The Bertz CT molecular complexity index is 915. The van der Waals surface area contributed by atoms with E-state index in [4.69, 9.17) is 0 Å². The molecular weight excluding hydrogens is 338 g/mol. The van der Waals surface area contributed by atoms with Crippen molar-refractivity contribution in [3.63, 3.8) is 0 Å². The molecule has 0 atom stereocenters. The van der Waals surface area contributed by atoms with E-state index in [1.165, 1.54) is 18.2 Å².